The molecule has 0 spiro atoms. The number of benzene rings is 1. The molecule has 45 heavy (non-hydrogen) atoms. The van der Waals surface area contributed by atoms with Crippen LogP contribution in [0, 0.1) is 5.41 Å². The van der Waals surface area contributed by atoms with Gasteiger partial charge in [0.1, 0.15) is 17.2 Å². The number of esters is 1. The average molecular weight is 658 g/mol. The van der Waals surface area contributed by atoms with Gasteiger partial charge in [-0.2, -0.15) is 13.8 Å². The Morgan fingerprint density at radius 2 is 1.73 bits per heavy atom. The molecule has 2 bridgehead atoms. The number of halogens is 4. The molecule has 234 valence electrons. The van der Waals surface area contributed by atoms with Gasteiger partial charge in [-0.3, -0.25) is 4.98 Å². The van der Waals surface area contributed by atoms with E-state index in [4.69, 9.17) is 37.0 Å². The van der Waals surface area contributed by atoms with Gasteiger partial charge in [-0.15, -0.1) is 0 Å². The maximum atomic E-state index is 13.0. The SMILES string of the molecule is COC(=O)c1cc(OC(F)F)cc(-c2noc(C34CCC(/C=C/c5c(-c6c(Cl)cncc6Cl)noc5C5CC5)(CC3)CC4)n2)c1. The minimum absolute atomic E-state index is 0.0118. The zero-order valence-electron chi connectivity index (χ0n) is 24.2. The molecule has 4 saturated carbocycles. The smallest absolute Gasteiger partial charge is 0.387 e. The molecule has 1 aromatic carbocycles. The Morgan fingerprint density at radius 1 is 1.02 bits per heavy atom. The van der Waals surface area contributed by atoms with E-state index in [1.165, 1.54) is 25.3 Å². The molecule has 4 fully saturated rings. The second-order valence-corrected chi connectivity index (χ2v) is 12.9. The molecular weight excluding hydrogens is 629 g/mol. The number of ether oxygens (including phenoxy) is 2. The van der Waals surface area contributed by atoms with E-state index in [2.05, 4.69) is 37.2 Å². The van der Waals surface area contributed by atoms with E-state index in [1.54, 1.807) is 12.4 Å². The van der Waals surface area contributed by atoms with Crippen molar-refractivity contribution in [2.75, 3.05) is 7.11 Å². The Bertz CT molecular complexity index is 1760. The van der Waals surface area contributed by atoms with Crippen molar-refractivity contribution < 1.29 is 32.1 Å². The molecular formula is C32H28Cl2F2N4O5. The number of carbonyl (C=O) groups excluding carboxylic acids is 1. The lowest BCUT2D eigenvalue weighted by molar-refractivity contribution is -0.0498. The van der Waals surface area contributed by atoms with Crippen LogP contribution < -0.4 is 4.74 Å². The molecule has 4 aromatic rings. The van der Waals surface area contributed by atoms with E-state index in [0.29, 0.717) is 38.7 Å². The van der Waals surface area contributed by atoms with Crippen LogP contribution >= 0.6 is 23.2 Å². The van der Waals surface area contributed by atoms with Crippen molar-refractivity contribution in [3.63, 3.8) is 0 Å². The fourth-order valence-electron chi connectivity index (χ4n) is 6.67. The van der Waals surface area contributed by atoms with Crippen LogP contribution in [0.4, 0.5) is 8.78 Å². The molecule has 3 aromatic heterocycles. The highest BCUT2D eigenvalue weighted by atomic mass is 35.5. The van der Waals surface area contributed by atoms with Gasteiger partial charge in [0, 0.05) is 40.4 Å². The molecule has 0 atom stereocenters. The number of carbonyl (C=O) groups is 1. The Hall–Kier alpha value is -3.83. The third kappa shape index (κ3) is 5.61. The summed E-state index contributed by atoms with van der Waals surface area (Å²) in [4.78, 5) is 20.9. The van der Waals surface area contributed by atoms with Gasteiger partial charge < -0.3 is 18.5 Å². The minimum atomic E-state index is -3.06. The number of methoxy groups -OCH3 is 1. The number of nitrogens with zero attached hydrogens (tertiary/aromatic N) is 4. The van der Waals surface area contributed by atoms with Crippen LogP contribution in [-0.2, 0) is 10.2 Å². The zero-order valence-corrected chi connectivity index (χ0v) is 25.7. The zero-order chi connectivity index (χ0) is 31.3. The third-order valence-electron chi connectivity index (χ3n) is 9.39. The molecule has 0 unspecified atom stereocenters. The van der Waals surface area contributed by atoms with Crippen LogP contribution in [0.15, 0.2) is 45.7 Å². The summed E-state index contributed by atoms with van der Waals surface area (Å²) in [5, 5.41) is 9.37. The van der Waals surface area contributed by atoms with Gasteiger partial charge in [0.2, 0.25) is 11.7 Å². The second kappa shape index (κ2) is 11.5. The topological polar surface area (TPSA) is 113 Å². The van der Waals surface area contributed by atoms with Crippen LogP contribution in [0.5, 0.6) is 5.75 Å². The second-order valence-electron chi connectivity index (χ2n) is 12.1. The van der Waals surface area contributed by atoms with Gasteiger partial charge in [-0.1, -0.05) is 45.7 Å². The van der Waals surface area contributed by atoms with E-state index in [-0.39, 0.29) is 28.0 Å². The fraction of sp³-hybridized carbons (Fsp3) is 0.406. The minimum Gasteiger partial charge on any atom is -0.465 e. The highest BCUT2D eigenvalue weighted by Gasteiger charge is 2.51. The summed E-state index contributed by atoms with van der Waals surface area (Å²) in [5.41, 5.74) is 2.20. The molecule has 4 aliphatic rings. The number of rotatable bonds is 9. The van der Waals surface area contributed by atoms with E-state index in [0.717, 1.165) is 62.7 Å². The Morgan fingerprint density at radius 3 is 2.38 bits per heavy atom. The predicted molar refractivity (Wildman–Crippen MR) is 160 cm³/mol. The number of aromatic nitrogens is 4. The Labute approximate surface area is 266 Å². The molecule has 3 heterocycles. The van der Waals surface area contributed by atoms with Crippen molar-refractivity contribution in [3.05, 3.63) is 69.5 Å². The number of hydrogen-bond acceptors (Lipinski definition) is 9. The summed E-state index contributed by atoms with van der Waals surface area (Å²) in [6, 6.07) is 4.01. The standard InChI is InChI=1S/C32H28Cl2F2N4O5/c1-42-28(41)19-12-18(13-20(14-19)43-30(35)36)27-38-29(45-40-27)32-9-6-31(7-10-32,8-11-32)5-4-21-25(39-44-26(21)17-2-3-17)24-22(33)15-37-16-23(24)34/h4-5,12-17,30H,2-3,6-11H2,1H3/b5-4+. The first-order valence-electron chi connectivity index (χ1n) is 14.7. The van der Waals surface area contributed by atoms with Crippen molar-refractivity contribution in [1.29, 1.82) is 0 Å². The summed E-state index contributed by atoms with van der Waals surface area (Å²) in [6.45, 7) is -3.06. The van der Waals surface area contributed by atoms with E-state index in [9.17, 15) is 13.6 Å². The number of fused-ring (bicyclic) bond motifs is 3. The first kappa shape index (κ1) is 29.9. The summed E-state index contributed by atoms with van der Waals surface area (Å²) >= 11 is 13.0. The molecule has 13 heteroatoms. The normalized spacial score (nSPS) is 22.8. The molecule has 8 rings (SSSR count). The summed E-state index contributed by atoms with van der Waals surface area (Å²) < 4.78 is 46.8. The van der Waals surface area contributed by atoms with Crippen molar-refractivity contribution >= 4 is 35.2 Å². The molecule has 9 nitrogen and oxygen atoms in total. The molecule has 0 radical (unpaired) electrons. The first-order chi connectivity index (χ1) is 21.7. The quantitative estimate of drug-likeness (QED) is 0.163. The van der Waals surface area contributed by atoms with E-state index in [1.807, 2.05) is 0 Å². The number of allylic oxidation sites excluding steroid dienone is 1. The van der Waals surface area contributed by atoms with E-state index < -0.39 is 12.6 Å². The van der Waals surface area contributed by atoms with Gasteiger partial charge in [0.15, 0.2) is 0 Å². The highest BCUT2D eigenvalue weighted by molar-refractivity contribution is 6.39. The third-order valence-corrected chi connectivity index (χ3v) is 9.97. The van der Waals surface area contributed by atoms with Crippen LogP contribution in [0.3, 0.4) is 0 Å². The number of alkyl halides is 2. The largest absolute Gasteiger partial charge is 0.465 e. The maximum Gasteiger partial charge on any atom is 0.387 e. The fourth-order valence-corrected chi connectivity index (χ4v) is 7.21. The Balaban J connectivity index is 1.13. The highest BCUT2D eigenvalue weighted by Crippen LogP contribution is 2.58. The maximum absolute atomic E-state index is 13.0. The van der Waals surface area contributed by atoms with Crippen LogP contribution in [0.25, 0.3) is 28.7 Å². The monoisotopic (exact) mass is 656 g/mol. The van der Waals surface area contributed by atoms with Crippen LogP contribution in [-0.4, -0.2) is 40.0 Å². The van der Waals surface area contributed by atoms with Gasteiger partial charge in [-0.05, 0) is 75.0 Å². The van der Waals surface area contributed by atoms with Gasteiger partial charge >= 0.3 is 12.6 Å². The van der Waals surface area contributed by atoms with Crippen molar-refractivity contribution in [3.8, 4) is 28.4 Å². The summed E-state index contributed by atoms with van der Waals surface area (Å²) in [6.07, 6.45) is 14.9. The van der Waals surface area contributed by atoms with Gasteiger partial charge in [0.05, 0.1) is 22.7 Å². The molecule has 0 N–H and O–H groups in total. The van der Waals surface area contributed by atoms with E-state index >= 15 is 0 Å². The average Bonchev–Trinajstić information content (AvgIpc) is 3.59. The van der Waals surface area contributed by atoms with Crippen molar-refractivity contribution in [1.82, 2.24) is 20.3 Å². The van der Waals surface area contributed by atoms with Gasteiger partial charge in [-0.25, -0.2) is 4.79 Å². The lowest BCUT2D eigenvalue weighted by atomic mass is 9.53. The number of pyridine rings is 1. The Kier molecular flexibility index (Phi) is 7.64. The lowest BCUT2D eigenvalue weighted by Crippen LogP contribution is -2.43. The first-order valence-corrected chi connectivity index (χ1v) is 15.5. The summed E-state index contributed by atoms with van der Waals surface area (Å²) in [5.74, 6) is 0.998. The van der Waals surface area contributed by atoms with Crippen molar-refractivity contribution in [2.24, 2.45) is 5.41 Å². The molecule has 4 aliphatic carbocycles. The number of hydrogen-bond donors (Lipinski definition) is 0. The summed E-state index contributed by atoms with van der Waals surface area (Å²) in [7, 11) is 1.21. The van der Waals surface area contributed by atoms with Gasteiger partial charge in [0.25, 0.3) is 0 Å². The molecule has 0 amide bonds. The van der Waals surface area contributed by atoms with Crippen LogP contribution in [0.2, 0.25) is 10.0 Å². The predicted octanol–water partition coefficient (Wildman–Crippen LogP) is 8.66. The van der Waals surface area contributed by atoms with Crippen LogP contribution in [0.1, 0.15) is 84.9 Å². The molecule has 0 saturated heterocycles. The lowest BCUT2D eigenvalue weighted by Gasteiger charge is -2.50. The van der Waals surface area contributed by atoms with Crippen molar-refractivity contribution in [2.45, 2.75) is 69.3 Å². The molecule has 0 aliphatic heterocycles.